The SMILES string of the molecule is CC(NC(C)C(C)C)c1ccc(I)cc1. The van der Waals surface area contributed by atoms with Gasteiger partial charge < -0.3 is 5.32 Å². The van der Waals surface area contributed by atoms with Crippen LogP contribution in [0, 0.1) is 9.49 Å². The summed E-state index contributed by atoms with van der Waals surface area (Å²) >= 11 is 2.34. The summed E-state index contributed by atoms with van der Waals surface area (Å²) in [4.78, 5) is 0. The molecule has 0 aliphatic heterocycles. The maximum atomic E-state index is 3.61. The van der Waals surface area contributed by atoms with E-state index < -0.39 is 0 Å². The topological polar surface area (TPSA) is 12.0 Å². The van der Waals surface area contributed by atoms with E-state index in [4.69, 9.17) is 0 Å². The van der Waals surface area contributed by atoms with Gasteiger partial charge in [0.15, 0.2) is 0 Å². The van der Waals surface area contributed by atoms with Crippen LogP contribution in [0.15, 0.2) is 24.3 Å². The molecule has 0 bridgehead atoms. The van der Waals surface area contributed by atoms with E-state index in [1.54, 1.807) is 0 Å². The lowest BCUT2D eigenvalue weighted by Crippen LogP contribution is -2.32. The predicted molar refractivity (Wildman–Crippen MR) is 75.0 cm³/mol. The summed E-state index contributed by atoms with van der Waals surface area (Å²) in [7, 11) is 0. The predicted octanol–water partition coefficient (Wildman–Crippen LogP) is 3.99. The Morgan fingerprint density at radius 1 is 1.00 bits per heavy atom. The lowest BCUT2D eigenvalue weighted by Gasteiger charge is -2.23. The second-order valence-electron chi connectivity index (χ2n) is 4.47. The molecule has 1 aromatic rings. The Bertz CT molecular complexity index is 292. The minimum Gasteiger partial charge on any atom is -0.307 e. The smallest absolute Gasteiger partial charge is 0.0294 e. The van der Waals surface area contributed by atoms with Crippen molar-refractivity contribution < 1.29 is 0 Å². The molecule has 0 saturated carbocycles. The molecule has 2 unspecified atom stereocenters. The van der Waals surface area contributed by atoms with Gasteiger partial charge in [0.05, 0.1) is 0 Å². The zero-order valence-corrected chi connectivity index (χ0v) is 12.1. The fourth-order valence-corrected chi connectivity index (χ4v) is 1.79. The lowest BCUT2D eigenvalue weighted by atomic mass is 10.0. The molecule has 2 heteroatoms. The first-order valence-electron chi connectivity index (χ1n) is 5.52. The van der Waals surface area contributed by atoms with Crippen molar-refractivity contribution >= 4 is 22.6 Å². The molecule has 1 N–H and O–H groups in total. The van der Waals surface area contributed by atoms with Gasteiger partial charge in [-0.2, -0.15) is 0 Å². The second-order valence-corrected chi connectivity index (χ2v) is 5.72. The third kappa shape index (κ3) is 4.11. The van der Waals surface area contributed by atoms with E-state index >= 15 is 0 Å². The number of hydrogen-bond acceptors (Lipinski definition) is 1. The van der Waals surface area contributed by atoms with Crippen molar-refractivity contribution in [1.29, 1.82) is 0 Å². The zero-order valence-electron chi connectivity index (χ0n) is 9.92. The number of hydrogen-bond donors (Lipinski definition) is 1. The first-order valence-corrected chi connectivity index (χ1v) is 6.60. The summed E-state index contributed by atoms with van der Waals surface area (Å²) in [6.07, 6.45) is 0. The maximum Gasteiger partial charge on any atom is 0.0294 e. The average Bonchev–Trinajstić information content (AvgIpc) is 2.18. The molecule has 0 spiro atoms. The molecule has 0 aliphatic carbocycles. The van der Waals surface area contributed by atoms with Gasteiger partial charge in [-0.25, -0.2) is 0 Å². The van der Waals surface area contributed by atoms with Gasteiger partial charge in [-0.3, -0.25) is 0 Å². The van der Waals surface area contributed by atoms with Crippen molar-refractivity contribution in [3.8, 4) is 0 Å². The van der Waals surface area contributed by atoms with Crippen LogP contribution in [0.5, 0.6) is 0 Å². The van der Waals surface area contributed by atoms with Gasteiger partial charge >= 0.3 is 0 Å². The third-order valence-electron chi connectivity index (χ3n) is 2.88. The molecule has 0 saturated heterocycles. The van der Waals surface area contributed by atoms with E-state index in [0.29, 0.717) is 18.0 Å². The first-order chi connectivity index (χ1) is 7.00. The van der Waals surface area contributed by atoms with Crippen LogP contribution in [0.4, 0.5) is 0 Å². The van der Waals surface area contributed by atoms with Crippen molar-refractivity contribution in [2.75, 3.05) is 0 Å². The van der Waals surface area contributed by atoms with Crippen molar-refractivity contribution in [2.24, 2.45) is 5.92 Å². The number of nitrogens with one attached hydrogen (secondary N) is 1. The van der Waals surface area contributed by atoms with Gasteiger partial charge in [0.1, 0.15) is 0 Å². The molecule has 1 rings (SSSR count). The molecule has 2 atom stereocenters. The highest BCUT2D eigenvalue weighted by Crippen LogP contribution is 2.16. The van der Waals surface area contributed by atoms with Gasteiger partial charge in [0, 0.05) is 15.7 Å². The fraction of sp³-hybridized carbons (Fsp3) is 0.538. The molecule has 84 valence electrons. The van der Waals surface area contributed by atoms with Crippen LogP contribution in [0.25, 0.3) is 0 Å². The van der Waals surface area contributed by atoms with Crippen molar-refractivity contribution in [1.82, 2.24) is 5.32 Å². The Hall–Kier alpha value is -0.0900. The largest absolute Gasteiger partial charge is 0.307 e. The zero-order chi connectivity index (χ0) is 11.4. The Balaban J connectivity index is 2.61. The fourth-order valence-electron chi connectivity index (χ4n) is 1.43. The molecule has 1 aromatic carbocycles. The lowest BCUT2D eigenvalue weighted by molar-refractivity contribution is 0.389. The normalized spacial score (nSPS) is 15.3. The van der Waals surface area contributed by atoms with E-state index in [0.717, 1.165) is 0 Å². The van der Waals surface area contributed by atoms with Crippen molar-refractivity contribution in [3.63, 3.8) is 0 Å². The highest BCUT2D eigenvalue weighted by molar-refractivity contribution is 14.1. The highest BCUT2D eigenvalue weighted by atomic mass is 127. The second kappa shape index (κ2) is 5.85. The summed E-state index contributed by atoms with van der Waals surface area (Å²) < 4.78 is 1.29. The molecular weight excluding hydrogens is 297 g/mol. The number of halogens is 1. The van der Waals surface area contributed by atoms with E-state index in [9.17, 15) is 0 Å². The third-order valence-corrected chi connectivity index (χ3v) is 3.60. The number of benzene rings is 1. The quantitative estimate of drug-likeness (QED) is 0.828. The summed E-state index contributed by atoms with van der Waals surface area (Å²) in [6, 6.07) is 9.71. The van der Waals surface area contributed by atoms with Gasteiger partial charge in [-0.05, 0) is 60.1 Å². The summed E-state index contributed by atoms with van der Waals surface area (Å²) in [5.74, 6) is 0.677. The van der Waals surface area contributed by atoms with Crippen LogP contribution < -0.4 is 5.32 Å². The van der Waals surface area contributed by atoms with Crippen molar-refractivity contribution in [2.45, 2.75) is 39.8 Å². The average molecular weight is 317 g/mol. The standard InChI is InChI=1S/C13H20IN/c1-9(2)10(3)15-11(4)12-5-7-13(14)8-6-12/h5-11,15H,1-4H3. The van der Waals surface area contributed by atoms with Crippen molar-refractivity contribution in [3.05, 3.63) is 33.4 Å². The van der Waals surface area contributed by atoms with Crippen LogP contribution in [-0.2, 0) is 0 Å². The Kier molecular flexibility index (Phi) is 5.06. The van der Waals surface area contributed by atoms with Crippen LogP contribution in [0.1, 0.15) is 39.3 Å². The van der Waals surface area contributed by atoms with Crippen LogP contribution in [0.3, 0.4) is 0 Å². The molecule has 0 amide bonds. The van der Waals surface area contributed by atoms with E-state index in [-0.39, 0.29) is 0 Å². The summed E-state index contributed by atoms with van der Waals surface area (Å²) in [5, 5.41) is 3.61. The molecule has 0 aliphatic rings. The van der Waals surface area contributed by atoms with Gasteiger partial charge in [0.25, 0.3) is 0 Å². The first kappa shape index (κ1) is 13.0. The summed E-state index contributed by atoms with van der Waals surface area (Å²) in [6.45, 7) is 8.96. The Labute approximate surface area is 107 Å². The van der Waals surface area contributed by atoms with Gasteiger partial charge in [-0.15, -0.1) is 0 Å². The molecule has 0 heterocycles. The maximum absolute atomic E-state index is 3.61. The Morgan fingerprint density at radius 2 is 1.53 bits per heavy atom. The molecule has 0 fully saturated rings. The van der Waals surface area contributed by atoms with Crippen LogP contribution >= 0.6 is 22.6 Å². The van der Waals surface area contributed by atoms with E-state index in [2.05, 4.69) is 79.9 Å². The number of rotatable bonds is 4. The minimum absolute atomic E-state index is 0.430. The van der Waals surface area contributed by atoms with E-state index in [1.807, 2.05) is 0 Å². The molecule has 1 nitrogen and oxygen atoms in total. The van der Waals surface area contributed by atoms with Gasteiger partial charge in [-0.1, -0.05) is 26.0 Å². The van der Waals surface area contributed by atoms with E-state index in [1.165, 1.54) is 9.13 Å². The van der Waals surface area contributed by atoms with Crippen LogP contribution in [0.2, 0.25) is 0 Å². The summed E-state index contributed by atoms with van der Waals surface area (Å²) in [5.41, 5.74) is 1.36. The monoisotopic (exact) mass is 317 g/mol. The van der Waals surface area contributed by atoms with Gasteiger partial charge in [0.2, 0.25) is 0 Å². The molecule has 0 aromatic heterocycles. The minimum atomic E-state index is 0.430. The molecule has 15 heavy (non-hydrogen) atoms. The Morgan fingerprint density at radius 3 is 2.00 bits per heavy atom. The highest BCUT2D eigenvalue weighted by Gasteiger charge is 2.11. The molecule has 0 radical (unpaired) electrons. The van der Waals surface area contributed by atoms with Crippen LogP contribution in [-0.4, -0.2) is 6.04 Å². The molecular formula is C13H20IN.